The molecular weight excluding hydrogens is 329 g/mol. The summed E-state index contributed by atoms with van der Waals surface area (Å²) in [4.78, 5) is 2.32. The highest BCUT2D eigenvalue weighted by Gasteiger charge is 2.39. The minimum atomic E-state index is -1.16. The third-order valence-electron chi connectivity index (χ3n) is 5.12. The largest absolute Gasteiger partial charge is 0.384 e. The van der Waals surface area contributed by atoms with Crippen molar-refractivity contribution in [3.8, 4) is 0 Å². The van der Waals surface area contributed by atoms with Crippen LogP contribution in [0, 0.1) is 5.82 Å². The summed E-state index contributed by atoms with van der Waals surface area (Å²) in [7, 11) is 0. The molecule has 0 radical (unpaired) electrons. The predicted molar refractivity (Wildman–Crippen MR) is 102 cm³/mol. The first-order valence-electron chi connectivity index (χ1n) is 9.08. The van der Waals surface area contributed by atoms with Gasteiger partial charge in [0.2, 0.25) is 0 Å². The standard InChI is InChI=1S/C22H26FNO2/c1-2-12-22(25,19-8-10-20(23)11-9-19)21(18-6-4-3-5-7-18)17-24-13-15-26-16-14-24/h2-11,21,25H,1,12-17H2/t21-,22-/m0/s1. The van der Waals surface area contributed by atoms with Gasteiger partial charge >= 0.3 is 0 Å². The van der Waals surface area contributed by atoms with Crippen LogP contribution in [0.3, 0.4) is 0 Å². The number of ether oxygens (including phenoxy) is 1. The Bertz CT molecular complexity index is 698. The predicted octanol–water partition coefficient (Wildman–Crippen LogP) is 3.71. The van der Waals surface area contributed by atoms with Crippen molar-refractivity contribution < 1.29 is 14.2 Å². The van der Waals surface area contributed by atoms with E-state index in [2.05, 4.69) is 11.5 Å². The molecule has 3 nitrogen and oxygen atoms in total. The molecule has 2 atom stereocenters. The molecule has 2 aromatic rings. The van der Waals surface area contributed by atoms with Gasteiger partial charge in [-0.3, -0.25) is 4.90 Å². The fourth-order valence-electron chi connectivity index (χ4n) is 3.68. The van der Waals surface area contributed by atoms with Crippen LogP contribution in [-0.4, -0.2) is 42.9 Å². The molecule has 1 aliphatic heterocycles. The van der Waals surface area contributed by atoms with E-state index in [1.807, 2.05) is 30.3 Å². The van der Waals surface area contributed by atoms with Gasteiger partial charge in [-0.25, -0.2) is 4.39 Å². The third kappa shape index (κ3) is 4.21. The van der Waals surface area contributed by atoms with Crippen molar-refractivity contribution in [1.29, 1.82) is 0 Å². The number of aliphatic hydroxyl groups is 1. The van der Waals surface area contributed by atoms with Gasteiger partial charge in [0.25, 0.3) is 0 Å². The summed E-state index contributed by atoms with van der Waals surface area (Å²) in [5, 5.41) is 11.8. The van der Waals surface area contributed by atoms with Crippen molar-refractivity contribution in [3.05, 3.63) is 84.2 Å². The Balaban J connectivity index is 2.00. The lowest BCUT2D eigenvalue weighted by atomic mass is 9.75. The van der Waals surface area contributed by atoms with E-state index in [0.29, 0.717) is 31.7 Å². The second-order valence-electron chi connectivity index (χ2n) is 6.80. The lowest BCUT2D eigenvalue weighted by Gasteiger charge is -2.40. The highest BCUT2D eigenvalue weighted by Crippen LogP contribution is 2.41. The SMILES string of the molecule is C=CC[C@](O)(c1ccc(F)cc1)[C@@H](CN1CCOCC1)c1ccccc1. The van der Waals surface area contributed by atoms with Crippen molar-refractivity contribution in [2.24, 2.45) is 0 Å². The average Bonchev–Trinajstić information content (AvgIpc) is 2.68. The Morgan fingerprint density at radius 3 is 2.38 bits per heavy atom. The number of rotatable bonds is 7. The zero-order chi connectivity index (χ0) is 18.4. The van der Waals surface area contributed by atoms with Crippen molar-refractivity contribution in [1.82, 2.24) is 4.90 Å². The summed E-state index contributed by atoms with van der Waals surface area (Å²) in [6.07, 6.45) is 2.13. The Kier molecular flexibility index (Phi) is 6.20. The summed E-state index contributed by atoms with van der Waals surface area (Å²) in [5.74, 6) is -0.468. The number of nitrogens with zero attached hydrogens (tertiary/aromatic N) is 1. The number of hydrogen-bond acceptors (Lipinski definition) is 3. The molecule has 0 amide bonds. The van der Waals surface area contributed by atoms with Gasteiger partial charge in [-0.05, 0) is 29.7 Å². The first kappa shape index (κ1) is 18.8. The van der Waals surface area contributed by atoms with Gasteiger partial charge in [-0.2, -0.15) is 0 Å². The van der Waals surface area contributed by atoms with Crippen LogP contribution in [0.4, 0.5) is 4.39 Å². The molecule has 1 N–H and O–H groups in total. The fourth-order valence-corrected chi connectivity index (χ4v) is 3.68. The van der Waals surface area contributed by atoms with Crippen LogP contribution in [0.25, 0.3) is 0 Å². The molecule has 1 heterocycles. The van der Waals surface area contributed by atoms with E-state index in [1.165, 1.54) is 12.1 Å². The van der Waals surface area contributed by atoms with Crippen molar-refractivity contribution in [3.63, 3.8) is 0 Å². The van der Waals surface area contributed by atoms with Crippen LogP contribution >= 0.6 is 0 Å². The van der Waals surface area contributed by atoms with E-state index >= 15 is 0 Å². The first-order chi connectivity index (χ1) is 12.6. The van der Waals surface area contributed by atoms with Crippen LogP contribution in [0.5, 0.6) is 0 Å². The molecule has 138 valence electrons. The minimum absolute atomic E-state index is 0.162. The molecule has 1 aliphatic rings. The van der Waals surface area contributed by atoms with E-state index in [9.17, 15) is 9.50 Å². The summed E-state index contributed by atoms with van der Waals surface area (Å²) in [6, 6.07) is 16.2. The van der Waals surface area contributed by atoms with E-state index in [0.717, 1.165) is 18.7 Å². The molecular formula is C22H26FNO2. The summed E-state index contributed by atoms with van der Waals surface area (Å²) in [6.45, 7) is 7.65. The second-order valence-corrected chi connectivity index (χ2v) is 6.80. The van der Waals surface area contributed by atoms with Gasteiger partial charge in [0.05, 0.1) is 13.2 Å². The molecule has 0 unspecified atom stereocenters. The molecule has 1 saturated heterocycles. The van der Waals surface area contributed by atoms with Crippen LogP contribution < -0.4 is 0 Å². The second kappa shape index (κ2) is 8.58. The summed E-state index contributed by atoms with van der Waals surface area (Å²) in [5.41, 5.74) is 0.614. The quantitative estimate of drug-likeness (QED) is 0.769. The Morgan fingerprint density at radius 1 is 1.12 bits per heavy atom. The third-order valence-corrected chi connectivity index (χ3v) is 5.12. The highest BCUT2D eigenvalue weighted by atomic mass is 19.1. The van der Waals surface area contributed by atoms with Crippen LogP contribution in [0.15, 0.2) is 67.3 Å². The van der Waals surface area contributed by atoms with Crippen LogP contribution in [0.2, 0.25) is 0 Å². The number of hydrogen-bond donors (Lipinski definition) is 1. The maximum atomic E-state index is 13.4. The maximum absolute atomic E-state index is 13.4. The Morgan fingerprint density at radius 2 is 1.77 bits per heavy atom. The lowest BCUT2D eigenvalue weighted by Crippen LogP contribution is -2.44. The topological polar surface area (TPSA) is 32.7 Å². The minimum Gasteiger partial charge on any atom is -0.384 e. The maximum Gasteiger partial charge on any atom is 0.123 e. The van der Waals surface area contributed by atoms with Gasteiger partial charge in [0, 0.05) is 25.6 Å². The van der Waals surface area contributed by atoms with Gasteiger partial charge < -0.3 is 9.84 Å². The molecule has 4 heteroatoms. The average molecular weight is 355 g/mol. The van der Waals surface area contributed by atoms with Crippen LogP contribution in [-0.2, 0) is 10.3 Å². The zero-order valence-electron chi connectivity index (χ0n) is 15.0. The van der Waals surface area contributed by atoms with E-state index in [1.54, 1.807) is 18.2 Å². The van der Waals surface area contributed by atoms with Crippen molar-refractivity contribution in [2.75, 3.05) is 32.8 Å². The first-order valence-corrected chi connectivity index (χ1v) is 9.08. The van der Waals surface area contributed by atoms with E-state index < -0.39 is 5.60 Å². The molecule has 0 aromatic heterocycles. The molecule has 1 fully saturated rings. The normalized spacial score (nSPS) is 18.8. The summed E-state index contributed by atoms with van der Waals surface area (Å²) < 4.78 is 18.9. The van der Waals surface area contributed by atoms with Gasteiger partial charge in [0.1, 0.15) is 11.4 Å². The van der Waals surface area contributed by atoms with E-state index in [4.69, 9.17) is 4.74 Å². The highest BCUT2D eigenvalue weighted by molar-refractivity contribution is 5.32. The lowest BCUT2D eigenvalue weighted by molar-refractivity contribution is -0.0206. The molecule has 0 spiro atoms. The molecule has 3 rings (SSSR count). The van der Waals surface area contributed by atoms with Gasteiger partial charge in [-0.15, -0.1) is 6.58 Å². The molecule has 2 aromatic carbocycles. The fraction of sp³-hybridized carbons (Fsp3) is 0.364. The summed E-state index contributed by atoms with van der Waals surface area (Å²) >= 11 is 0. The van der Waals surface area contributed by atoms with Crippen molar-refractivity contribution in [2.45, 2.75) is 17.9 Å². The number of halogens is 1. The monoisotopic (exact) mass is 355 g/mol. The molecule has 0 aliphatic carbocycles. The molecule has 0 bridgehead atoms. The number of benzene rings is 2. The van der Waals surface area contributed by atoms with E-state index in [-0.39, 0.29) is 11.7 Å². The Hall–Kier alpha value is -2.01. The molecule has 0 saturated carbocycles. The zero-order valence-corrected chi connectivity index (χ0v) is 15.0. The Labute approximate surface area is 154 Å². The van der Waals surface area contributed by atoms with Crippen molar-refractivity contribution >= 4 is 0 Å². The van der Waals surface area contributed by atoms with Gasteiger partial charge in [-0.1, -0.05) is 48.5 Å². The van der Waals surface area contributed by atoms with Gasteiger partial charge in [0.15, 0.2) is 0 Å². The number of morpholine rings is 1. The smallest absolute Gasteiger partial charge is 0.123 e. The van der Waals surface area contributed by atoms with Crippen LogP contribution in [0.1, 0.15) is 23.5 Å². The molecule has 26 heavy (non-hydrogen) atoms.